The molecular formula is C31H27FN6O. The molecule has 0 amide bonds. The van der Waals surface area contributed by atoms with E-state index in [0.717, 1.165) is 69.6 Å². The summed E-state index contributed by atoms with van der Waals surface area (Å²) >= 11 is 0. The van der Waals surface area contributed by atoms with E-state index in [0.29, 0.717) is 18.0 Å². The minimum Gasteiger partial charge on any atom is -0.492 e. The molecule has 8 heteroatoms. The number of aromatic nitrogens is 5. The number of halogens is 1. The van der Waals surface area contributed by atoms with E-state index in [2.05, 4.69) is 42.2 Å². The molecule has 0 atom stereocenters. The third kappa shape index (κ3) is 4.64. The van der Waals surface area contributed by atoms with Crippen molar-refractivity contribution in [1.29, 1.82) is 0 Å². The number of rotatable bonds is 7. The fraction of sp³-hybridized carbons (Fsp3) is 0.194. The van der Waals surface area contributed by atoms with Crippen LogP contribution in [-0.2, 0) is 0 Å². The summed E-state index contributed by atoms with van der Waals surface area (Å²) in [5.41, 5.74) is 7.08. The number of fused-ring (bicyclic) bond motifs is 2. The highest BCUT2D eigenvalue weighted by Crippen LogP contribution is 2.35. The van der Waals surface area contributed by atoms with Gasteiger partial charge in [0.25, 0.3) is 0 Å². The first-order valence-electron chi connectivity index (χ1n) is 13.2. The largest absolute Gasteiger partial charge is 0.492 e. The van der Waals surface area contributed by atoms with Gasteiger partial charge in [-0.15, -0.1) is 0 Å². The first kappa shape index (κ1) is 23.5. The topological polar surface area (TPSA) is 82.7 Å². The number of nitrogens with zero attached hydrogens (tertiary/aromatic N) is 4. The van der Waals surface area contributed by atoms with Crippen LogP contribution in [0.4, 0.5) is 4.39 Å². The third-order valence-electron chi connectivity index (χ3n) is 7.42. The zero-order chi connectivity index (χ0) is 26.2. The Morgan fingerprint density at radius 2 is 1.72 bits per heavy atom. The number of ether oxygens (including phenoxy) is 1. The molecule has 4 aromatic heterocycles. The lowest BCUT2D eigenvalue weighted by atomic mass is 10.0. The van der Waals surface area contributed by atoms with Gasteiger partial charge in [0.15, 0.2) is 0 Å². The molecule has 6 aromatic rings. The van der Waals surface area contributed by atoms with E-state index in [-0.39, 0.29) is 5.82 Å². The monoisotopic (exact) mass is 518 g/mol. The Morgan fingerprint density at radius 3 is 2.59 bits per heavy atom. The molecule has 7 rings (SSSR count). The van der Waals surface area contributed by atoms with E-state index in [1.165, 1.54) is 18.9 Å². The van der Waals surface area contributed by atoms with Crippen molar-refractivity contribution < 1.29 is 9.13 Å². The van der Waals surface area contributed by atoms with Gasteiger partial charge in [-0.1, -0.05) is 6.07 Å². The van der Waals surface area contributed by atoms with Gasteiger partial charge in [-0.2, -0.15) is 5.10 Å². The van der Waals surface area contributed by atoms with Gasteiger partial charge in [0, 0.05) is 42.0 Å². The van der Waals surface area contributed by atoms with Gasteiger partial charge >= 0.3 is 0 Å². The molecule has 5 heterocycles. The summed E-state index contributed by atoms with van der Waals surface area (Å²) in [6.45, 7) is 3.61. The first-order chi connectivity index (χ1) is 19.2. The highest BCUT2D eigenvalue weighted by atomic mass is 19.1. The van der Waals surface area contributed by atoms with Crippen LogP contribution < -0.4 is 4.74 Å². The average Bonchev–Trinajstić information content (AvgIpc) is 3.72. The van der Waals surface area contributed by atoms with Crippen molar-refractivity contribution in [2.24, 2.45) is 0 Å². The van der Waals surface area contributed by atoms with Gasteiger partial charge in [-0.3, -0.25) is 15.0 Å². The molecule has 0 bridgehead atoms. The maximum absolute atomic E-state index is 14.7. The molecule has 0 aliphatic carbocycles. The normalized spacial score (nSPS) is 14.0. The summed E-state index contributed by atoms with van der Waals surface area (Å²) in [6.07, 6.45) is 7.79. The van der Waals surface area contributed by atoms with Gasteiger partial charge in [-0.05, 0) is 96.7 Å². The number of benzene rings is 2. The minimum absolute atomic E-state index is 0.327. The van der Waals surface area contributed by atoms with Crippen molar-refractivity contribution in [2.75, 3.05) is 26.2 Å². The van der Waals surface area contributed by atoms with Crippen molar-refractivity contribution in [3.63, 3.8) is 0 Å². The predicted octanol–water partition coefficient (Wildman–Crippen LogP) is 6.45. The van der Waals surface area contributed by atoms with Crippen molar-refractivity contribution in [2.45, 2.75) is 12.8 Å². The quantitative estimate of drug-likeness (QED) is 0.254. The second-order valence-electron chi connectivity index (χ2n) is 9.95. The lowest BCUT2D eigenvalue weighted by Gasteiger charge is -2.15. The van der Waals surface area contributed by atoms with Crippen LogP contribution in [0.1, 0.15) is 12.8 Å². The molecule has 7 nitrogen and oxygen atoms in total. The van der Waals surface area contributed by atoms with Crippen LogP contribution >= 0.6 is 0 Å². The molecule has 1 saturated heterocycles. The highest BCUT2D eigenvalue weighted by molar-refractivity contribution is 6.00. The second kappa shape index (κ2) is 9.96. The summed E-state index contributed by atoms with van der Waals surface area (Å²) in [5.74, 6) is 0.207. The van der Waals surface area contributed by atoms with Gasteiger partial charge in [0.1, 0.15) is 29.5 Å². The lowest BCUT2D eigenvalue weighted by molar-refractivity contribution is 0.237. The molecule has 2 aromatic carbocycles. The van der Waals surface area contributed by atoms with Crippen molar-refractivity contribution in [3.05, 3.63) is 85.1 Å². The van der Waals surface area contributed by atoms with Crippen LogP contribution in [0.3, 0.4) is 0 Å². The molecule has 194 valence electrons. The van der Waals surface area contributed by atoms with E-state index in [4.69, 9.17) is 4.74 Å². The molecule has 1 aliphatic heterocycles. The van der Waals surface area contributed by atoms with Crippen LogP contribution in [0, 0.1) is 5.82 Å². The van der Waals surface area contributed by atoms with E-state index in [1.807, 2.05) is 36.4 Å². The van der Waals surface area contributed by atoms with Crippen molar-refractivity contribution in [1.82, 2.24) is 30.0 Å². The number of hydrogen-bond donors (Lipinski definition) is 2. The average molecular weight is 519 g/mol. The summed E-state index contributed by atoms with van der Waals surface area (Å²) in [7, 11) is 0. The smallest absolute Gasteiger partial charge is 0.138 e. The highest BCUT2D eigenvalue weighted by Gasteiger charge is 2.16. The van der Waals surface area contributed by atoms with Gasteiger partial charge in [-0.25, -0.2) is 9.37 Å². The number of nitrogens with one attached hydrogen (secondary N) is 2. The molecule has 0 spiro atoms. The zero-order valence-corrected chi connectivity index (χ0v) is 21.3. The van der Waals surface area contributed by atoms with Crippen molar-refractivity contribution in [3.8, 4) is 39.4 Å². The first-order valence-corrected chi connectivity index (χ1v) is 13.2. The Morgan fingerprint density at radius 1 is 0.846 bits per heavy atom. The molecule has 0 unspecified atom stereocenters. The maximum atomic E-state index is 14.7. The standard InChI is InChI=1S/C31H27FN6O/c32-23-15-22(16-24(18-23)39-14-13-38-11-1-2-12-38)25-7-10-34-31-26(25)19-29(35-31)30-27-17-21(3-4-28(27)36-37-30)20-5-8-33-9-6-20/h3-10,15-19H,1-2,11-14H2,(H,34,35)(H,36,37). The van der Waals surface area contributed by atoms with Crippen LogP contribution in [0.5, 0.6) is 5.75 Å². The number of aromatic amines is 2. The minimum atomic E-state index is -0.327. The summed E-state index contributed by atoms with van der Waals surface area (Å²) in [5, 5.41) is 9.64. The Bertz CT molecular complexity index is 1770. The molecule has 1 fully saturated rings. The van der Waals surface area contributed by atoms with Gasteiger partial charge in [0.05, 0.1) is 11.2 Å². The summed E-state index contributed by atoms with van der Waals surface area (Å²) in [4.78, 5) is 14.5. The maximum Gasteiger partial charge on any atom is 0.138 e. The SMILES string of the molecule is Fc1cc(OCCN2CCCC2)cc(-c2ccnc3[nH]c(-c4n[nH]c5ccc(-c6ccncc6)cc45)cc23)c1. The van der Waals surface area contributed by atoms with Crippen molar-refractivity contribution >= 4 is 21.9 Å². The van der Waals surface area contributed by atoms with Crippen LogP contribution in [0.2, 0.25) is 0 Å². The molecule has 1 aliphatic rings. The summed E-state index contributed by atoms with van der Waals surface area (Å²) < 4.78 is 20.7. The molecular weight excluding hydrogens is 491 g/mol. The van der Waals surface area contributed by atoms with E-state index in [9.17, 15) is 4.39 Å². The number of H-pyrrole nitrogens is 2. The molecule has 2 N–H and O–H groups in total. The van der Waals surface area contributed by atoms with E-state index >= 15 is 0 Å². The molecule has 0 saturated carbocycles. The molecule has 39 heavy (non-hydrogen) atoms. The Balaban J connectivity index is 1.23. The van der Waals surface area contributed by atoms with E-state index < -0.39 is 0 Å². The third-order valence-corrected chi connectivity index (χ3v) is 7.42. The molecule has 0 radical (unpaired) electrons. The number of likely N-dealkylation sites (tertiary alicyclic amines) is 1. The van der Waals surface area contributed by atoms with Gasteiger partial charge in [0.2, 0.25) is 0 Å². The van der Waals surface area contributed by atoms with Gasteiger partial charge < -0.3 is 9.72 Å². The fourth-order valence-electron chi connectivity index (χ4n) is 5.45. The zero-order valence-electron chi connectivity index (χ0n) is 21.3. The number of pyridine rings is 2. The predicted molar refractivity (Wildman–Crippen MR) is 151 cm³/mol. The second-order valence-corrected chi connectivity index (χ2v) is 9.95. The Labute approximate surface area is 224 Å². The van der Waals surface area contributed by atoms with Crippen LogP contribution in [0.15, 0.2) is 79.3 Å². The fourth-order valence-corrected chi connectivity index (χ4v) is 5.45. The Hall–Kier alpha value is -4.56. The van der Waals surface area contributed by atoms with Crippen LogP contribution in [0.25, 0.3) is 55.6 Å². The number of hydrogen-bond acceptors (Lipinski definition) is 5. The Kier molecular flexibility index (Phi) is 6.01. The lowest BCUT2D eigenvalue weighted by Crippen LogP contribution is -2.25. The summed E-state index contributed by atoms with van der Waals surface area (Å²) in [6, 6.07) is 19.0. The van der Waals surface area contributed by atoms with E-state index in [1.54, 1.807) is 24.7 Å². The van der Waals surface area contributed by atoms with Crippen LogP contribution in [-0.4, -0.2) is 56.3 Å².